The van der Waals surface area contributed by atoms with Crippen LogP contribution in [0.25, 0.3) is 0 Å². The number of fused-ring (bicyclic) bond motifs is 3. The van der Waals surface area contributed by atoms with E-state index in [2.05, 4.69) is 16.7 Å². The van der Waals surface area contributed by atoms with Gasteiger partial charge in [0.15, 0.2) is 5.78 Å². The summed E-state index contributed by atoms with van der Waals surface area (Å²) in [6.45, 7) is 6.88. The van der Waals surface area contributed by atoms with Crippen molar-refractivity contribution in [3.8, 4) is 0 Å². The van der Waals surface area contributed by atoms with Crippen molar-refractivity contribution in [2.45, 2.75) is 108 Å². The first kappa shape index (κ1) is 31.1. The number of piperidine rings is 1. The van der Waals surface area contributed by atoms with Crippen LogP contribution in [0.15, 0.2) is 24.3 Å². The molecule has 0 aromatic heterocycles. The van der Waals surface area contributed by atoms with E-state index in [4.69, 9.17) is 9.47 Å². The molecule has 3 saturated heterocycles. The van der Waals surface area contributed by atoms with Crippen LogP contribution < -0.4 is 10.6 Å². The summed E-state index contributed by atoms with van der Waals surface area (Å²) in [5.41, 5.74) is 1.38. The van der Waals surface area contributed by atoms with Gasteiger partial charge in [0.1, 0.15) is 0 Å². The maximum absolute atomic E-state index is 13.4. The normalized spacial score (nSPS) is 29.0. The van der Waals surface area contributed by atoms with Crippen LogP contribution >= 0.6 is 0 Å². The van der Waals surface area contributed by atoms with Crippen LogP contribution in [0.1, 0.15) is 106 Å². The molecule has 2 aliphatic carbocycles. The van der Waals surface area contributed by atoms with E-state index >= 15 is 0 Å². The number of hydrogen-bond acceptors (Lipinski definition) is 6. The number of nitrogens with zero attached hydrogens (tertiary/aromatic N) is 1. The van der Waals surface area contributed by atoms with Gasteiger partial charge in [-0.25, -0.2) is 0 Å². The van der Waals surface area contributed by atoms with Gasteiger partial charge in [0.2, 0.25) is 5.91 Å². The van der Waals surface area contributed by atoms with Crippen molar-refractivity contribution in [1.82, 2.24) is 15.5 Å². The highest BCUT2D eigenvalue weighted by atomic mass is 16.6. The standard InChI is InChI=1S/C34H51N3O5/c1-24(2)31(39)30(25-9-5-4-6-10-25)36-32(40)27-12-7-11-26(19-27)28-13-8-18-37(21-28)29(38)20-35-22-33-14-16-34(41-3,17-15-33)23-42-33/h7,11-12,19,24-25,28,30,35H,4-6,8-10,13-18,20-23H2,1-3H3,(H,36,40)/t28?,30-,33?,34?/m1/s1. The number of hydrogen-bond donors (Lipinski definition) is 2. The summed E-state index contributed by atoms with van der Waals surface area (Å²) in [6.07, 6.45) is 11.3. The van der Waals surface area contributed by atoms with Crippen molar-refractivity contribution >= 4 is 17.6 Å². The predicted octanol–water partition coefficient (Wildman–Crippen LogP) is 4.61. The van der Waals surface area contributed by atoms with Gasteiger partial charge < -0.3 is 25.0 Å². The van der Waals surface area contributed by atoms with Gasteiger partial charge >= 0.3 is 0 Å². The van der Waals surface area contributed by atoms with Crippen LogP contribution in [0, 0.1) is 11.8 Å². The van der Waals surface area contributed by atoms with Crippen molar-refractivity contribution < 1.29 is 23.9 Å². The Morgan fingerprint density at radius 3 is 2.48 bits per heavy atom. The number of Topliss-reactive ketones (excluding diaryl/α,β-unsaturated/α-hetero) is 1. The molecule has 0 spiro atoms. The highest BCUT2D eigenvalue weighted by Gasteiger charge is 2.50. The molecule has 5 aliphatic rings. The van der Waals surface area contributed by atoms with Gasteiger partial charge in [0.05, 0.1) is 30.4 Å². The Kier molecular flexibility index (Phi) is 10.1. The van der Waals surface area contributed by atoms with Crippen molar-refractivity contribution in [2.24, 2.45) is 11.8 Å². The van der Waals surface area contributed by atoms with Crippen LogP contribution in [0.4, 0.5) is 0 Å². The molecule has 5 fully saturated rings. The van der Waals surface area contributed by atoms with Gasteiger partial charge in [0, 0.05) is 44.1 Å². The maximum Gasteiger partial charge on any atom is 0.251 e. The molecular formula is C34H51N3O5. The monoisotopic (exact) mass is 581 g/mol. The van der Waals surface area contributed by atoms with Crippen molar-refractivity contribution in [2.75, 3.05) is 39.9 Å². The molecule has 3 heterocycles. The molecule has 2 bridgehead atoms. The van der Waals surface area contributed by atoms with E-state index in [0.29, 0.717) is 31.8 Å². The third-order valence-corrected chi connectivity index (χ3v) is 10.5. The van der Waals surface area contributed by atoms with Gasteiger partial charge in [-0.05, 0) is 75.0 Å². The lowest BCUT2D eigenvalue weighted by Crippen LogP contribution is -2.59. The average Bonchev–Trinajstić information content (AvgIpc) is 3.04. The molecule has 8 heteroatoms. The average molecular weight is 582 g/mol. The Balaban J connectivity index is 1.15. The zero-order chi connectivity index (χ0) is 29.7. The number of nitrogens with one attached hydrogen (secondary N) is 2. The zero-order valence-corrected chi connectivity index (χ0v) is 25.9. The number of benzene rings is 1. The number of rotatable bonds is 11. The number of carbonyl (C=O) groups excluding carboxylic acids is 3. The van der Waals surface area contributed by atoms with Crippen molar-refractivity contribution in [3.63, 3.8) is 0 Å². The van der Waals surface area contributed by atoms with Crippen molar-refractivity contribution in [1.29, 1.82) is 0 Å². The number of ether oxygens (including phenoxy) is 2. The first-order valence-electron chi connectivity index (χ1n) is 16.4. The number of likely N-dealkylation sites (tertiary alicyclic amines) is 1. The SMILES string of the molecule is COC12CCC(CNCC(=O)N3CCCC(c4cccc(C(=O)N[C@@H](C(=O)C(C)C)C5CCCCC5)c4)C3)(CC1)OC2. The van der Waals surface area contributed by atoms with E-state index in [-0.39, 0.29) is 46.6 Å². The summed E-state index contributed by atoms with van der Waals surface area (Å²) in [4.78, 5) is 41.6. The lowest BCUT2D eigenvalue weighted by atomic mass is 9.73. The topological polar surface area (TPSA) is 97.0 Å². The first-order valence-corrected chi connectivity index (χ1v) is 16.4. The first-order chi connectivity index (χ1) is 20.2. The largest absolute Gasteiger partial charge is 0.376 e. The summed E-state index contributed by atoms with van der Waals surface area (Å²) in [6, 6.07) is 7.37. The summed E-state index contributed by atoms with van der Waals surface area (Å²) in [5.74, 6) is 0.352. The smallest absolute Gasteiger partial charge is 0.251 e. The zero-order valence-electron chi connectivity index (χ0n) is 25.9. The number of carbonyl (C=O) groups is 3. The molecule has 2 N–H and O–H groups in total. The van der Waals surface area contributed by atoms with E-state index in [1.54, 1.807) is 7.11 Å². The van der Waals surface area contributed by atoms with Crippen LogP contribution in [-0.4, -0.2) is 79.6 Å². The molecule has 8 nitrogen and oxygen atoms in total. The highest BCUT2D eigenvalue weighted by molar-refractivity contribution is 5.98. The highest BCUT2D eigenvalue weighted by Crippen LogP contribution is 2.45. The predicted molar refractivity (Wildman–Crippen MR) is 162 cm³/mol. The second-order valence-electron chi connectivity index (χ2n) is 13.7. The number of methoxy groups -OCH3 is 1. The third kappa shape index (κ3) is 7.08. The molecule has 1 aromatic rings. The Hall–Kier alpha value is -2.29. The van der Waals surface area contributed by atoms with Crippen LogP contribution in [-0.2, 0) is 19.1 Å². The van der Waals surface area contributed by atoms with E-state index in [1.165, 1.54) is 6.42 Å². The molecule has 1 unspecified atom stereocenters. The van der Waals surface area contributed by atoms with Crippen molar-refractivity contribution in [3.05, 3.63) is 35.4 Å². The van der Waals surface area contributed by atoms with Gasteiger partial charge in [-0.3, -0.25) is 14.4 Å². The van der Waals surface area contributed by atoms with E-state index in [9.17, 15) is 14.4 Å². The fraction of sp³-hybridized carbons (Fsp3) is 0.735. The molecule has 2 amide bonds. The number of ketones is 1. The molecule has 232 valence electrons. The Morgan fingerprint density at radius 2 is 1.81 bits per heavy atom. The number of amides is 2. The summed E-state index contributed by atoms with van der Waals surface area (Å²) < 4.78 is 11.9. The van der Waals surface area contributed by atoms with Crippen LogP contribution in [0.5, 0.6) is 0 Å². The lowest BCUT2D eigenvalue weighted by Gasteiger charge is -2.52. The molecule has 0 radical (unpaired) electrons. The second-order valence-corrected chi connectivity index (χ2v) is 13.7. The van der Waals surface area contributed by atoms with E-state index < -0.39 is 6.04 Å². The van der Waals surface area contributed by atoms with Crippen LogP contribution in [0.2, 0.25) is 0 Å². The minimum atomic E-state index is -0.425. The molecular weight excluding hydrogens is 530 g/mol. The molecule has 1 aromatic carbocycles. The van der Waals surface area contributed by atoms with Gasteiger partial charge in [0.25, 0.3) is 5.91 Å². The van der Waals surface area contributed by atoms with Gasteiger partial charge in [-0.1, -0.05) is 45.2 Å². The Bertz CT molecular complexity index is 1090. The summed E-state index contributed by atoms with van der Waals surface area (Å²) in [7, 11) is 1.78. The van der Waals surface area contributed by atoms with Gasteiger partial charge in [-0.2, -0.15) is 0 Å². The summed E-state index contributed by atoms with van der Waals surface area (Å²) >= 11 is 0. The quantitative estimate of drug-likeness (QED) is 0.396. The fourth-order valence-corrected chi connectivity index (χ4v) is 7.62. The fourth-order valence-electron chi connectivity index (χ4n) is 7.62. The van der Waals surface area contributed by atoms with E-state index in [1.807, 2.05) is 36.9 Å². The minimum absolute atomic E-state index is 0.110. The van der Waals surface area contributed by atoms with Crippen LogP contribution in [0.3, 0.4) is 0 Å². The second kappa shape index (κ2) is 13.6. The summed E-state index contributed by atoms with van der Waals surface area (Å²) in [5, 5.41) is 6.53. The molecule has 2 atom stereocenters. The molecule has 42 heavy (non-hydrogen) atoms. The molecule has 6 rings (SSSR count). The Labute approximate surface area is 251 Å². The van der Waals surface area contributed by atoms with E-state index in [0.717, 1.165) is 76.3 Å². The third-order valence-electron chi connectivity index (χ3n) is 10.5. The molecule has 2 saturated carbocycles. The molecule has 3 aliphatic heterocycles. The minimum Gasteiger partial charge on any atom is -0.376 e. The lowest BCUT2D eigenvalue weighted by molar-refractivity contribution is -0.224. The Morgan fingerprint density at radius 1 is 1.05 bits per heavy atom. The maximum atomic E-state index is 13.4. The van der Waals surface area contributed by atoms with Gasteiger partial charge in [-0.15, -0.1) is 0 Å².